The van der Waals surface area contributed by atoms with E-state index >= 15 is 0 Å². The highest BCUT2D eigenvalue weighted by molar-refractivity contribution is 7.22. The Morgan fingerprint density at radius 3 is 3.05 bits per heavy atom. The van der Waals surface area contributed by atoms with Crippen molar-refractivity contribution in [1.29, 1.82) is 0 Å². The normalized spacial score (nSPS) is 20.1. The number of anilines is 1. The van der Waals surface area contributed by atoms with E-state index in [4.69, 9.17) is 10.5 Å². The van der Waals surface area contributed by atoms with Gasteiger partial charge >= 0.3 is 0 Å². The highest BCUT2D eigenvalue weighted by Gasteiger charge is 2.27. The van der Waals surface area contributed by atoms with Crippen LogP contribution in [0.15, 0.2) is 0 Å². The van der Waals surface area contributed by atoms with Crippen molar-refractivity contribution in [1.82, 2.24) is 14.8 Å². The minimum absolute atomic E-state index is 0.427. The number of carbonyl (C=O) groups excluding carboxylic acids is 1. The zero-order valence-electron chi connectivity index (χ0n) is 10.8. The number of amides is 1. The molecule has 1 aliphatic heterocycles. The Morgan fingerprint density at radius 1 is 1.58 bits per heavy atom. The number of primary amides is 1. The van der Waals surface area contributed by atoms with Crippen molar-refractivity contribution in [2.75, 3.05) is 24.6 Å². The minimum Gasteiger partial charge on any atom is -0.367 e. The molecule has 2 aromatic heterocycles. The summed E-state index contributed by atoms with van der Waals surface area (Å²) in [5.74, 6) is -0.427. The molecule has 1 fully saturated rings. The zero-order chi connectivity index (χ0) is 13.6. The van der Waals surface area contributed by atoms with E-state index in [0.717, 1.165) is 27.7 Å². The second-order valence-corrected chi connectivity index (χ2v) is 5.54. The molecule has 7 nitrogen and oxygen atoms in total. The summed E-state index contributed by atoms with van der Waals surface area (Å²) in [6.07, 6.45) is -0.556. The lowest BCUT2D eigenvalue weighted by Crippen LogP contribution is -2.48. The number of morpholine rings is 1. The number of rotatable bonds is 2. The van der Waals surface area contributed by atoms with Crippen molar-refractivity contribution in [2.45, 2.75) is 13.0 Å². The quantitative estimate of drug-likeness (QED) is 0.839. The van der Waals surface area contributed by atoms with Gasteiger partial charge in [-0.25, -0.2) is 9.67 Å². The van der Waals surface area contributed by atoms with Gasteiger partial charge in [-0.1, -0.05) is 11.3 Å². The first-order valence-electron chi connectivity index (χ1n) is 6.02. The summed E-state index contributed by atoms with van der Waals surface area (Å²) < 4.78 is 8.19. The van der Waals surface area contributed by atoms with Gasteiger partial charge in [0.2, 0.25) is 5.91 Å². The van der Waals surface area contributed by atoms with E-state index in [0.29, 0.717) is 13.2 Å². The molecule has 2 aromatic rings. The van der Waals surface area contributed by atoms with Crippen LogP contribution in [0.1, 0.15) is 5.69 Å². The topological polar surface area (TPSA) is 86.3 Å². The molecule has 1 amide bonds. The Bertz CT molecular complexity index is 600. The average Bonchev–Trinajstić information content (AvgIpc) is 2.93. The number of nitrogens with zero attached hydrogens (tertiary/aromatic N) is 4. The standard InChI is InChI=1S/C11H15N5O2S/c1-6-8-10(15(2)14-6)13-11(19-8)16-3-4-18-7(5-16)9(12)17/h7H,3-5H2,1-2H3,(H2,12,17). The smallest absolute Gasteiger partial charge is 0.248 e. The number of nitrogens with two attached hydrogens (primary N) is 1. The first-order chi connectivity index (χ1) is 9.06. The molecule has 0 aromatic carbocycles. The van der Waals surface area contributed by atoms with Crippen LogP contribution in [-0.4, -0.2) is 46.5 Å². The molecule has 0 bridgehead atoms. The van der Waals surface area contributed by atoms with Gasteiger partial charge in [0.25, 0.3) is 0 Å². The van der Waals surface area contributed by atoms with E-state index in [-0.39, 0.29) is 0 Å². The van der Waals surface area contributed by atoms with Gasteiger partial charge in [0.15, 0.2) is 16.9 Å². The molecule has 0 aliphatic carbocycles. The molecular formula is C11H15N5O2S. The summed E-state index contributed by atoms with van der Waals surface area (Å²) in [6.45, 7) is 3.63. The second kappa shape index (κ2) is 4.46. The predicted octanol–water partition coefficient (Wildman–Crippen LogP) is 0.0287. The van der Waals surface area contributed by atoms with Crippen LogP contribution in [0.2, 0.25) is 0 Å². The van der Waals surface area contributed by atoms with Crippen LogP contribution < -0.4 is 10.6 Å². The van der Waals surface area contributed by atoms with Gasteiger partial charge in [-0.15, -0.1) is 0 Å². The molecule has 8 heteroatoms. The summed E-state index contributed by atoms with van der Waals surface area (Å²) in [6, 6.07) is 0. The zero-order valence-corrected chi connectivity index (χ0v) is 11.6. The third-order valence-corrected chi connectivity index (χ3v) is 4.40. The van der Waals surface area contributed by atoms with E-state index in [2.05, 4.69) is 10.1 Å². The molecule has 1 aliphatic rings. The van der Waals surface area contributed by atoms with Crippen molar-refractivity contribution in [2.24, 2.45) is 12.8 Å². The van der Waals surface area contributed by atoms with E-state index in [1.165, 1.54) is 0 Å². The Labute approximate surface area is 114 Å². The first kappa shape index (κ1) is 12.4. The fourth-order valence-corrected chi connectivity index (χ4v) is 3.27. The van der Waals surface area contributed by atoms with Crippen molar-refractivity contribution in [3.8, 4) is 0 Å². The minimum atomic E-state index is -0.556. The number of hydrogen-bond donors (Lipinski definition) is 1. The first-order valence-corrected chi connectivity index (χ1v) is 6.84. The summed E-state index contributed by atoms with van der Waals surface area (Å²) in [7, 11) is 1.88. The van der Waals surface area contributed by atoms with Crippen LogP contribution in [0.5, 0.6) is 0 Å². The maximum atomic E-state index is 11.2. The molecule has 0 radical (unpaired) electrons. The van der Waals surface area contributed by atoms with E-state index < -0.39 is 12.0 Å². The lowest BCUT2D eigenvalue weighted by atomic mass is 10.3. The molecule has 3 heterocycles. The molecule has 19 heavy (non-hydrogen) atoms. The van der Waals surface area contributed by atoms with Gasteiger partial charge in [0.1, 0.15) is 0 Å². The lowest BCUT2D eigenvalue weighted by molar-refractivity contribution is -0.130. The van der Waals surface area contributed by atoms with Crippen molar-refractivity contribution < 1.29 is 9.53 Å². The maximum Gasteiger partial charge on any atom is 0.248 e. The van der Waals surface area contributed by atoms with Crippen LogP contribution in [0.3, 0.4) is 0 Å². The molecular weight excluding hydrogens is 266 g/mol. The van der Waals surface area contributed by atoms with E-state index in [1.807, 2.05) is 18.9 Å². The van der Waals surface area contributed by atoms with E-state index in [9.17, 15) is 4.79 Å². The summed E-state index contributed by atoms with van der Waals surface area (Å²) in [4.78, 5) is 17.8. The SMILES string of the molecule is Cc1nn(C)c2nc(N3CCOC(C(N)=O)C3)sc12. The average molecular weight is 281 g/mol. The van der Waals surface area contributed by atoms with Gasteiger partial charge in [0, 0.05) is 13.6 Å². The van der Waals surface area contributed by atoms with Crippen molar-refractivity contribution in [3.05, 3.63) is 5.69 Å². The Morgan fingerprint density at radius 2 is 2.37 bits per heavy atom. The molecule has 0 saturated carbocycles. The van der Waals surface area contributed by atoms with Gasteiger partial charge in [-0.2, -0.15) is 5.10 Å². The van der Waals surface area contributed by atoms with Crippen LogP contribution in [0.25, 0.3) is 10.3 Å². The highest BCUT2D eigenvalue weighted by Crippen LogP contribution is 2.31. The summed E-state index contributed by atoms with van der Waals surface area (Å²) in [5, 5.41) is 5.22. The number of thiazole rings is 1. The molecule has 102 valence electrons. The molecule has 0 spiro atoms. The van der Waals surface area contributed by atoms with Crippen LogP contribution >= 0.6 is 11.3 Å². The maximum absolute atomic E-state index is 11.2. The Balaban J connectivity index is 1.91. The monoisotopic (exact) mass is 281 g/mol. The third kappa shape index (κ3) is 2.06. The molecule has 2 N–H and O–H groups in total. The highest BCUT2D eigenvalue weighted by atomic mass is 32.1. The van der Waals surface area contributed by atoms with Crippen molar-refractivity contribution >= 4 is 32.7 Å². The number of aromatic nitrogens is 3. The number of ether oxygens (including phenoxy) is 1. The Hall–Kier alpha value is -1.67. The van der Waals surface area contributed by atoms with Crippen LogP contribution in [-0.2, 0) is 16.6 Å². The number of aryl methyl sites for hydroxylation is 2. The number of hydrogen-bond acceptors (Lipinski definition) is 6. The van der Waals surface area contributed by atoms with Crippen LogP contribution in [0, 0.1) is 6.92 Å². The molecule has 3 rings (SSSR count). The largest absolute Gasteiger partial charge is 0.367 e. The predicted molar refractivity (Wildman–Crippen MR) is 72.3 cm³/mol. The van der Waals surface area contributed by atoms with Gasteiger partial charge in [-0.3, -0.25) is 4.79 Å². The van der Waals surface area contributed by atoms with Crippen LogP contribution in [0.4, 0.5) is 5.13 Å². The summed E-state index contributed by atoms with van der Waals surface area (Å²) >= 11 is 1.59. The van der Waals surface area contributed by atoms with Crippen molar-refractivity contribution in [3.63, 3.8) is 0 Å². The molecule has 1 atom stereocenters. The third-order valence-electron chi connectivity index (χ3n) is 3.19. The summed E-state index contributed by atoms with van der Waals surface area (Å²) in [5.41, 5.74) is 7.14. The van der Waals surface area contributed by atoms with Gasteiger partial charge in [-0.05, 0) is 6.92 Å². The van der Waals surface area contributed by atoms with E-state index in [1.54, 1.807) is 16.0 Å². The molecule has 1 unspecified atom stereocenters. The number of carbonyl (C=O) groups is 1. The van der Waals surface area contributed by atoms with Gasteiger partial charge < -0.3 is 15.4 Å². The fourth-order valence-electron chi connectivity index (χ4n) is 2.20. The second-order valence-electron chi connectivity index (χ2n) is 4.57. The fraction of sp³-hybridized carbons (Fsp3) is 0.545. The Kier molecular flexibility index (Phi) is 2.90. The number of fused-ring (bicyclic) bond motifs is 1. The van der Waals surface area contributed by atoms with Gasteiger partial charge in [0.05, 0.1) is 23.5 Å². The molecule has 1 saturated heterocycles. The lowest BCUT2D eigenvalue weighted by Gasteiger charge is -2.30.